The number of amides is 3. The fourth-order valence-electron chi connectivity index (χ4n) is 4.26. The van der Waals surface area contributed by atoms with E-state index in [0.717, 1.165) is 22.6 Å². The van der Waals surface area contributed by atoms with Crippen LogP contribution in [0.1, 0.15) is 43.6 Å². The first kappa shape index (κ1) is 21.9. The lowest BCUT2D eigenvalue weighted by atomic mass is 10.1. The number of hydrogen-bond donors (Lipinski definition) is 0. The van der Waals surface area contributed by atoms with Crippen LogP contribution >= 0.6 is 11.6 Å². The molecule has 7 nitrogen and oxygen atoms in total. The summed E-state index contributed by atoms with van der Waals surface area (Å²) in [7, 11) is 0. The Balaban J connectivity index is 1.33. The minimum Gasteiger partial charge on any atom is -0.449 e. The normalized spacial score (nSPS) is 15.2. The third kappa shape index (κ3) is 3.64. The minimum absolute atomic E-state index is 0.0827. The van der Waals surface area contributed by atoms with Crippen molar-refractivity contribution in [2.45, 2.75) is 19.4 Å². The van der Waals surface area contributed by atoms with E-state index in [0.29, 0.717) is 17.3 Å². The first-order chi connectivity index (χ1) is 16.3. The van der Waals surface area contributed by atoms with Crippen LogP contribution in [0.5, 0.6) is 0 Å². The Morgan fingerprint density at radius 3 is 2.41 bits per heavy atom. The second-order valence-electron chi connectivity index (χ2n) is 8.10. The monoisotopic (exact) mass is 474 g/mol. The maximum atomic E-state index is 12.9. The molecule has 8 heteroatoms. The molecule has 3 aromatic rings. The third-order valence-electron chi connectivity index (χ3n) is 5.99. The van der Waals surface area contributed by atoms with Gasteiger partial charge in [0.05, 0.1) is 22.4 Å². The topological polar surface area (TPSA) is 84.0 Å². The number of benzene rings is 3. The lowest BCUT2D eigenvalue weighted by molar-refractivity contribution is -0.126. The number of fused-ring (bicyclic) bond motifs is 2. The molecule has 0 fully saturated rings. The lowest BCUT2D eigenvalue weighted by Crippen LogP contribution is -2.39. The molecule has 2 aliphatic rings. The molecule has 0 N–H and O–H groups in total. The summed E-state index contributed by atoms with van der Waals surface area (Å²) in [6, 6.07) is 18.1. The highest BCUT2D eigenvalue weighted by atomic mass is 35.5. The molecule has 0 bridgehead atoms. The predicted molar refractivity (Wildman–Crippen MR) is 126 cm³/mol. The number of ether oxygens (including phenoxy) is 1. The van der Waals surface area contributed by atoms with Gasteiger partial charge in [0, 0.05) is 17.3 Å². The van der Waals surface area contributed by atoms with E-state index in [2.05, 4.69) is 0 Å². The summed E-state index contributed by atoms with van der Waals surface area (Å²) in [6.45, 7) is 2.04. The van der Waals surface area contributed by atoms with Gasteiger partial charge in [0.15, 0.2) is 6.10 Å². The standard InChI is InChI=1S/C26H19ClN2O5/c1-15(23(30)28-13-12-16-4-2-3-5-22(16)28)34-26(33)17-6-11-20-21(14-17)25(32)29(24(20)31)19-9-7-18(27)8-10-19/h2-11,14-15H,12-13H2,1H3. The summed E-state index contributed by atoms with van der Waals surface area (Å²) in [4.78, 5) is 54.1. The Kier molecular flexibility index (Phi) is 5.42. The molecule has 3 amide bonds. The summed E-state index contributed by atoms with van der Waals surface area (Å²) < 4.78 is 5.42. The van der Waals surface area contributed by atoms with E-state index < -0.39 is 23.9 Å². The molecule has 0 saturated heterocycles. The molecule has 0 radical (unpaired) electrons. The Hall–Kier alpha value is -3.97. The molecule has 1 unspecified atom stereocenters. The lowest BCUT2D eigenvalue weighted by Gasteiger charge is -2.21. The third-order valence-corrected chi connectivity index (χ3v) is 6.24. The van der Waals surface area contributed by atoms with Crippen molar-refractivity contribution in [3.05, 3.63) is 94.0 Å². The Morgan fingerprint density at radius 2 is 1.65 bits per heavy atom. The second kappa shape index (κ2) is 8.43. The number of imide groups is 1. The first-order valence-electron chi connectivity index (χ1n) is 10.7. The van der Waals surface area contributed by atoms with Crippen LogP contribution in [0.25, 0.3) is 0 Å². The predicted octanol–water partition coefficient (Wildman–Crippen LogP) is 4.28. The van der Waals surface area contributed by atoms with Gasteiger partial charge in [-0.3, -0.25) is 14.4 Å². The quantitative estimate of drug-likeness (QED) is 0.416. The number of esters is 1. The molecule has 0 aromatic heterocycles. The maximum absolute atomic E-state index is 12.9. The number of carbonyl (C=O) groups is 4. The van der Waals surface area contributed by atoms with Crippen molar-refractivity contribution in [1.82, 2.24) is 0 Å². The van der Waals surface area contributed by atoms with Gasteiger partial charge in [0.1, 0.15) is 0 Å². The summed E-state index contributed by atoms with van der Waals surface area (Å²) >= 11 is 5.90. The number of hydrogen-bond acceptors (Lipinski definition) is 5. The SMILES string of the molecule is CC(OC(=O)c1ccc2c(c1)C(=O)N(c1ccc(Cl)cc1)C2=O)C(=O)N1CCc2ccccc21. The number of para-hydroxylation sites is 1. The molecule has 2 aliphatic heterocycles. The van der Waals surface area contributed by atoms with Crippen molar-refractivity contribution < 1.29 is 23.9 Å². The van der Waals surface area contributed by atoms with Gasteiger partial charge >= 0.3 is 5.97 Å². The summed E-state index contributed by atoms with van der Waals surface area (Å²) in [5.41, 5.74) is 2.64. The van der Waals surface area contributed by atoms with Crippen LogP contribution in [0.15, 0.2) is 66.7 Å². The van der Waals surface area contributed by atoms with Crippen LogP contribution in [0.3, 0.4) is 0 Å². The number of rotatable bonds is 4. The van der Waals surface area contributed by atoms with Crippen LogP contribution in [0, 0.1) is 0 Å². The smallest absolute Gasteiger partial charge is 0.338 e. The highest BCUT2D eigenvalue weighted by molar-refractivity contribution is 6.35. The van der Waals surface area contributed by atoms with E-state index >= 15 is 0 Å². The van der Waals surface area contributed by atoms with Gasteiger partial charge in [-0.25, -0.2) is 9.69 Å². The van der Waals surface area contributed by atoms with Crippen LogP contribution < -0.4 is 9.80 Å². The van der Waals surface area contributed by atoms with Crippen molar-refractivity contribution in [3.8, 4) is 0 Å². The highest BCUT2D eigenvalue weighted by Crippen LogP contribution is 2.31. The molecule has 3 aromatic carbocycles. The Morgan fingerprint density at radius 1 is 0.941 bits per heavy atom. The maximum Gasteiger partial charge on any atom is 0.338 e. The van der Waals surface area contributed by atoms with E-state index in [4.69, 9.17) is 16.3 Å². The van der Waals surface area contributed by atoms with E-state index in [1.807, 2.05) is 24.3 Å². The highest BCUT2D eigenvalue weighted by Gasteiger charge is 2.37. The number of anilines is 2. The van der Waals surface area contributed by atoms with Crippen molar-refractivity contribution in [3.63, 3.8) is 0 Å². The average Bonchev–Trinajstić information content (AvgIpc) is 3.38. The van der Waals surface area contributed by atoms with E-state index in [-0.39, 0.29) is 22.6 Å². The van der Waals surface area contributed by atoms with Gasteiger partial charge in [0.25, 0.3) is 17.7 Å². The van der Waals surface area contributed by atoms with Gasteiger partial charge in [-0.2, -0.15) is 0 Å². The fraction of sp³-hybridized carbons (Fsp3) is 0.154. The van der Waals surface area contributed by atoms with E-state index in [9.17, 15) is 19.2 Å². The van der Waals surface area contributed by atoms with Gasteiger partial charge in [-0.15, -0.1) is 0 Å². The molecule has 34 heavy (non-hydrogen) atoms. The van der Waals surface area contributed by atoms with Gasteiger partial charge in [-0.1, -0.05) is 29.8 Å². The van der Waals surface area contributed by atoms with E-state index in [1.54, 1.807) is 29.2 Å². The molecule has 0 aliphatic carbocycles. The summed E-state index contributed by atoms with van der Waals surface area (Å²) in [6.07, 6.45) is -0.275. The Bertz CT molecular complexity index is 1350. The molecular weight excluding hydrogens is 456 g/mol. The molecule has 5 rings (SSSR count). The number of carbonyl (C=O) groups excluding carboxylic acids is 4. The van der Waals surface area contributed by atoms with Crippen LogP contribution in [-0.2, 0) is 16.0 Å². The molecule has 0 saturated carbocycles. The zero-order chi connectivity index (χ0) is 24.0. The molecule has 1 atom stereocenters. The molecular formula is C26H19ClN2O5. The van der Waals surface area contributed by atoms with E-state index in [1.165, 1.54) is 25.1 Å². The summed E-state index contributed by atoms with van der Waals surface area (Å²) in [5, 5.41) is 0.478. The van der Waals surface area contributed by atoms with Crippen molar-refractivity contribution >= 4 is 46.7 Å². The van der Waals surface area contributed by atoms with Gasteiger partial charge < -0.3 is 9.64 Å². The zero-order valence-corrected chi connectivity index (χ0v) is 18.9. The number of nitrogens with zero attached hydrogens (tertiary/aromatic N) is 2. The summed E-state index contributed by atoms with van der Waals surface area (Å²) in [5.74, 6) is -2.10. The van der Waals surface area contributed by atoms with Crippen molar-refractivity contribution in [2.24, 2.45) is 0 Å². The van der Waals surface area contributed by atoms with Crippen molar-refractivity contribution in [1.29, 1.82) is 0 Å². The van der Waals surface area contributed by atoms with Crippen LogP contribution in [-0.4, -0.2) is 36.3 Å². The van der Waals surface area contributed by atoms with Crippen LogP contribution in [0.2, 0.25) is 5.02 Å². The first-order valence-corrected chi connectivity index (χ1v) is 11.1. The minimum atomic E-state index is -1.02. The Labute approximate surface area is 200 Å². The molecule has 2 heterocycles. The van der Waals surface area contributed by atoms with Gasteiger partial charge in [-0.05, 0) is 67.4 Å². The van der Waals surface area contributed by atoms with Crippen LogP contribution in [0.4, 0.5) is 11.4 Å². The fourth-order valence-corrected chi connectivity index (χ4v) is 4.38. The second-order valence-corrected chi connectivity index (χ2v) is 8.54. The largest absolute Gasteiger partial charge is 0.449 e. The molecule has 0 spiro atoms. The average molecular weight is 475 g/mol. The molecule has 170 valence electrons. The number of halogens is 1. The zero-order valence-electron chi connectivity index (χ0n) is 18.2. The van der Waals surface area contributed by atoms with Gasteiger partial charge in [0.2, 0.25) is 0 Å². The van der Waals surface area contributed by atoms with Crippen molar-refractivity contribution in [2.75, 3.05) is 16.3 Å².